The predicted octanol–water partition coefficient (Wildman–Crippen LogP) is 5.70. The first kappa shape index (κ1) is 27.0. The van der Waals surface area contributed by atoms with Crippen molar-refractivity contribution in [1.82, 2.24) is 14.8 Å². The van der Waals surface area contributed by atoms with Crippen molar-refractivity contribution >= 4 is 23.5 Å². The molecule has 5 rings (SSSR count). The van der Waals surface area contributed by atoms with Gasteiger partial charge in [0.1, 0.15) is 11.5 Å². The fourth-order valence-electron chi connectivity index (χ4n) is 5.08. The van der Waals surface area contributed by atoms with Gasteiger partial charge >= 0.3 is 12.1 Å². The van der Waals surface area contributed by atoms with Crippen molar-refractivity contribution in [3.8, 4) is 11.5 Å². The minimum Gasteiger partial charge on any atom is -0.455 e. The number of likely N-dealkylation sites (tertiary alicyclic amines) is 2. The molecule has 204 valence electrons. The summed E-state index contributed by atoms with van der Waals surface area (Å²) in [6.45, 7) is 1.85. The first-order chi connectivity index (χ1) is 18.6. The maximum absolute atomic E-state index is 13.1. The number of alkyl halides is 3. The zero-order chi connectivity index (χ0) is 27.6. The standard InChI is InChI=1S/C28H25ClF3N3O4/c29-21-9-7-19(8-10-21)24(36)35-18-27(25(35)39-26(37)28(30,31)32)11-14-34(15-12-27)17-20-4-1-2-6-23(20)38-22-5-3-13-33-16-22/h1-10,13,16,25H,11-12,14-15,17-18H2. The van der Waals surface area contributed by atoms with Crippen molar-refractivity contribution in [3.05, 3.63) is 89.2 Å². The van der Waals surface area contributed by atoms with E-state index in [1.165, 1.54) is 29.2 Å². The molecule has 39 heavy (non-hydrogen) atoms. The number of para-hydroxylation sites is 1. The highest BCUT2D eigenvalue weighted by atomic mass is 35.5. The molecule has 1 atom stereocenters. The molecule has 0 aliphatic carbocycles. The largest absolute Gasteiger partial charge is 0.491 e. The number of hydrogen-bond donors (Lipinski definition) is 0. The van der Waals surface area contributed by atoms with Gasteiger partial charge in [0.15, 0.2) is 6.23 Å². The summed E-state index contributed by atoms with van der Waals surface area (Å²) in [6, 6.07) is 17.2. The highest BCUT2D eigenvalue weighted by Crippen LogP contribution is 2.48. The average Bonchev–Trinajstić information content (AvgIpc) is 2.92. The number of hydrogen-bond acceptors (Lipinski definition) is 6. The van der Waals surface area contributed by atoms with E-state index < -0.39 is 29.7 Å². The van der Waals surface area contributed by atoms with Crippen LogP contribution in [-0.2, 0) is 16.1 Å². The summed E-state index contributed by atoms with van der Waals surface area (Å²) in [5, 5.41) is 0.423. The van der Waals surface area contributed by atoms with Gasteiger partial charge in [-0.05, 0) is 68.4 Å². The van der Waals surface area contributed by atoms with Gasteiger partial charge in [0.25, 0.3) is 5.91 Å². The Labute approximate surface area is 228 Å². The quantitative estimate of drug-likeness (QED) is 0.361. The molecule has 1 amide bonds. The van der Waals surface area contributed by atoms with Crippen LogP contribution in [0, 0.1) is 5.41 Å². The second-order valence-electron chi connectivity index (χ2n) is 9.73. The zero-order valence-electron chi connectivity index (χ0n) is 20.7. The molecule has 0 saturated carbocycles. The number of halogens is 4. The summed E-state index contributed by atoms with van der Waals surface area (Å²) in [6.07, 6.45) is -2.27. The van der Waals surface area contributed by atoms with E-state index in [-0.39, 0.29) is 12.1 Å². The van der Waals surface area contributed by atoms with E-state index in [2.05, 4.69) is 9.88 Å². The fourth-order valence-corrected chi connectivity index (χ4v) is 5.21. The molecule has 1 aromatic heterocycles. The smallest absolute Gasteiger partial charge is 0.455 e. The Bertz CT molecular complexity index is 1330. The monoisotopic (exact) mass is 559 g/mol. The third-order valence-corrected chi connectivity index (χ3v) is 7.43. The number of benzene rings is 2. The molecular weight excluding hydrogens is 535 g/mol. The van der Waals surface area contributed by atoms with Gasteiger partial charge in [0.2, 0.25) is 0 Å². The summed E-state index contributed by atoms with van der Waals surface area (Å²) in [7, 11) is 0. The third-order valence-electron chi connectivity index (χ3n) is 7.17. The molecule has 1 spiro atoms. The number of aromatic nitrogens is 1. The normalized spacial score (nSPS) is 18.9. The van der Waals surface area contributed by atoms with E-state index in [1.807, 2.05) is 30.3 Å². The number of carbonyl (C=O) groups excluding carboxylic acids is 2. The van der Waals surface area contributed by atoms with Gasteiger partial charge in [-0.3, -0.25) is 14.7 Å². The van der Waals surface area contributed by atoms with E-state index in [0.717, 1.165) is 5.56 Å². The Balaban J connectivity index is 1.28. The molecule has 2 saturated heterocycles. The molecule has 2 aromatic carbocycles. The third kappa shape index (κ3) is 5.86. The van der Waals surface area contributed by atoms with Crippen LogP contribution in [0.1, 0.15) is 28.8 Å². The van der Waals surface area contributed by atoms with Crippen molar-refractivity contribution in [2.45, 2.75) is 31.8 Å². The molecule has 2 fully saturated rings. The van der Waals surface area contributed by atoms with Crippen LogP contribution in [-0.4, -0.2) is 58.7 Å². The van der Waals surface area contributed by atoms with Crippen molar-refractivity contribution in [2.24, 2.45) is 5.41 Å². The highest BCUT2D eigenvalue weighted by Gasteiger charge is 2.59. The van der Waals surface area contributed by atoms with Gasteiger partial charge in [-0.1, -0.05) is 29.8 Å². The van der Waals surface area contributed by atoms with Gasteiger partial charge in [-0.25, -0.2) is 4.79 Å². The topological polar surface area (TPSA) is 72.0 Å². The molecule has 0 N–H and O–H groups in total. The second kappa shape index (κ2) is 10.9. The number of esters is 1. The molecular formula is C28H25ClF3N3O4. The first-order valence-corrected chi connectivity index (χ1v) is 12.7. The van der Waals surface area contributed by atoms with Crippen LogP contribution in [0.15, 0.2) is 73.1 Å². The van der Waals surface area contributed by atoms with Crippen LogP contribution >= 0.6 is 11.6 Å². The van der Waals surface area contributed by atoms with Crippen LogP contribution in [0.3, 0.4) is 0 Å². The van der Waals surface area contributed by atoms with E-state index in [4.69, 9.17) is 21.1 Å². The van der Waals surface area contributed by atoms with Crippen molar-refractivity contribution in [2.75, 3.05) is 19.6 Å². The first-order valence-electron chi connectivity index (χ1n) is 12.4. The van der Waals surface area contributed by atoms with E-state index in [1.54, 1.807) is 18.5 Å². The molecule has 2 aliphatic heterocycles. The van der Waals surface area contributed by atoms with Gasteiger partial charge in [-0.15, -0.1) is 0 Å². The summed E-state index contributed by atoms with van der Waals surface area (Å²) in [5.41, 5.74) is 0.445. The SMILES string of the molecule is O=C(c1ccc(Cl)cc1)N1CC2(CCN(Cc3ccccc3Oc3cccnc3)CC2)C1OC(=O)C(F)(F)F. The van der Waals surface area contributed by atoms with Gasteiger partial charge < -0.3 is 14.4 Å². The van der Waals surface area contributed by atoms with Crippen molar-refractivity contribution in [1.29, 1.82) is 0 Å². The molecule has 3 heterocycles. The number of piperidine rings is 1. The Kier molecular flexibility index (Phi) is 7.51. The lowest BCUT2D eigenvalue weighted by molar-refractivity contribution is -0.248. The number of carbonyl (C=O) groups is 2. The molecule has 11 heteroatoms. The Morgan fingerprint density at radius 1 is 1.03 bits per heavy atom. The number of ether oxygens (including phenoxy) is 2. The van der Waals surface area contributed by atoms with Gasteiger partial charge in [-0.2, -0.15) is 13.2 Å². The van der Waals surface area contributed by atoms with Crippen molar-refractivity contribution < 1.29 is 32.2 Å². The molecule has 0 radical (unpaired) electrons. The van der Waals surface area contributed by atoms with E-state index in [0.29, 0.717) is 49.0 Å². The lowest BCUT2D eigenvalue weighted by Crippen LogP contribution is -2.70. The lowest BCUT2D eigenvalue weighted by Gasteiger charge is -2.58. The molecule has 7 nitrogen and oxygen atoms in total. The second-order valence-corrected chi connectivity index (χ2v) is 10.2. The van der Waals surface area contributed by atoms with Gasteiger partial charge in [0, 0.05) is 40.9 Å². The summed E-state index contributed by atoms with van der Waals surface area (Å²) >= 11 is 5.90. The molecule has 3 aromatic rings. The lowest BCUT2D eigenvalue weighted by atomic mass is 9.69. The number of amides is 1. The van der Waals surface area contributed by atoms with Crippen LogP contribution in [0.2, 0.25) is 5.02 Å². The molecule has 0 bridgehead atoms. The van der Waals surface area contributed by atoms with Crippen LogP contribution in [0.5, 0.6) is 11.5 Å². The maximum atomic E-state index is 13.1. The molecule has 1 unspecified atom stereocenters. The van der Waals surface area contributed by atoms with E-state index >= 15 is 0 Å². The predicted molar refractivity (Wildman–Crippen MR) is 136 cm³/mol. The summed E-state index contributed by atoms with van der Waals surface area (Å²) in [5.74, 6) is -1.52. The number of rotatable bonds is 6. The average molecular weight is 560 g/mol. The highest BCUT2D eigenvalue weighted by molar-refractivity contribution is 6.30. The summed E-state index contributed by atoms with van der Waals surface area (Å²) < 4.78 is 50.2. The fraction of sp³-hybridized carbons (Fsp3) is 0.321. The van der Waals surface area contributed by atoms with Crippen LogP contribution < -0.4 is 4.74 Å². The zero-order valence-corrected chi connectivity index (χ0v) is 21.5. The van der Waals surface area contributed by atoms with E-state index in [9.17, 15) is 22.8 Å². The Morgan fingerprint density at radius 2 is 1.74 bits per heavy atom. The number of nitrogens with zero attached hydrogens (tertiary/aromatic N) is 3. The Morgan fingerprint density at radius 3 is 2.41 bits per heavy atom. The van der Waals surface area contributed by atoms with Crippen LogP contribution in [0.25, 0.3) is 0 Å². The van der Waals surface area contributed by atoms with Crippen molar-refractivity contribution in [3.63, 3.8) is 0 Å². The number of pyridine rings is 1. The van der Waals surface area contributed by atoms with Crippen LogP contribution in [0.4, 0.5) is 13.2 Å². The minimum absolute atomic E-state index is 0.193. The molecule has 2 aliphatic rings. The summed E-state index contributed by atoms with van der Waals surface area (Å²) in [4.78, 5) is 32.3. The maximum Gasteiger partial charge on any atom is 0.491 e. The Hall–Kier alpha value is -3.63. The minimum atomic E-state index is -5.16. The van der Waals surface area contributed by atoms with Gasteiger partial charge in [0.05, 0.1) is 6.20 Å².